The van der Waals surface area contributed by atoms with Gasteiger partial charge in [-0.3, -0.25) is 4.79 Å². The molecule has 0 saturated heterocycles. The normalized spacial score (nSPS) is 11.2. The summed E-state index contributed by atoms with van der Waals surface area (Å²) in [6.45, 7) is 0. The fraction of sp³-hybridized carbons (Fsp3) is 0.118. The number of hydrogen-bond acceptors (Lipinski definition) is 7. The van der Waals surface area contributed by atoms with E-state index in [9.17, 15) is 14.9 Å². The first kappa shape index (κ1) is 18.6. The average molecular weight is 373 g/mol. The number of nitriles is 1. The van der Waals surface area contributed by atoms with Crippen molar-refractivity contribution in [2.75, 3.05) is 18.7 Å². The number of thiophene rings is 1. The lowest BCUT2D eigenvalue weighted by Gasteiger charge is -2.10. The van der Waals surface area contributed by atoms with Crippen molar-refractivity contribution in [3.8, 4) is 17.2 Å². The van der Waals surface area contributed by atoms with E-state index in [2.05, 4.69) is 10.1 Å². The van der Waals surface area contributed by atoms with Crippen molar-refractivity contribution in [2.24, 2.45) is 5.73 Å². The van der Waals surface area contributed by atoms with Crippen molar-refractivity contribution >= 4 is 40.0 Å². The number of primary amides is 1. The number of carbonyl (C=O) groups excluding carboxylic acids is 2. The SMILES string of the molecule is COC(=O)/C(C#N)=C(\Nc1scc(-c2ccccc2)c1C(N)=O)SC. The maximum atomic E-state index is 12.0. The molecule has 1 aromatic carbocycles. The summed E-state index contributed by atoms with van der Waals surface area (Å²) in [6, 6.07) is 11.2. The van der Waals surface area contributed by atoms with Crippen molar-refractivity contribution in [3.05, 3.63) is 51.9 Å². The van der Waals surface area contributed by atoms with Crippen LogP contribution in [0.2, 0.25) is 0 Å². The van der Waals surface area contributed by atoms with E-state index in [1.807, 2.05) is 36.4 Å². The molecule has 0 radical (unpaired) electrons. The zero-order valence-electron chi connectivity index (χ0n) is 13.5. The lowest BCUT2D eigenvalue weighted by molar-refractivity contribution is -0.135. The Labute approximate surface area is 153 Å². The van der Waals surface area contributed by atoms with Crippen LogP contribution >= 0.6 is 23.1 Å². The van der Waals surface area contributed by atoms with Crippen LogP contribution in [-0.2, 0) is 9.53 Å². The molecule has 1 heterocycles. The number of ether oxygens (including phenoxy) is 1. The van der Waals surface area contributed by atoms with Crippen LogP contribution in [0.3, 0.4) is 0 Å². The van der Waals surface area contributed by atoms with Gasteiger partial charge in [-0.15, -0.1) is 23.1 Å². The zero-order chi connectivity index (χ0) is 18.4. The Morgan fingerprint density at radius 3 is 2.52 bits per heavy atom. The van der Waals surface area contributed by atoms with Gasteiger partial charge in [-0.2, -0.15) is 5.26 Å². The van der Waals surface area contributed by atoms with Crippen LogP contribution in [0.4, 0.5) is 5.00 Å². The maximum absolute atomic E-state index is 12.0. The van der Waals surface area contributed by atoms with E-state index in [1.165, 1.54) is 30.2 Å². The number of methoxy groups -OCH3 is 1. The van der Waals surface area contributed by atoms with Crippen LogP contribution in [0.1, 0.15) is 10.4 Å². The third-order valence-corrected chi connectivity index (χ3v) is 4.89. The van der Waals surface area contributed by atoms with Gasteiger partial charge in [0.15, 0.2) is 5.57 Å². The number of nitrogens with zero attached hydrogens (tertiary/aromatic N) is 1. The first-order valence-electron chi connectivity index (χ1n) is 7.03. The van der Waals surface area contributed by atoms with E-state index in [-0.39, 0.29) is 5.57 Å². The molecule has 2 rings (SSSR count). The number of benzene rings is 1. The van der Waals surface area contributed by atoms with Gasteiger partial charge in [-0.05, 0) is 11.8 Å². The molecule has 128 valence electrons. The third-order valence-electron chi connectivity index (χ3n) is 3.28. The Morgan fingerprint density at radius 1 is 1.32 bits per heavy atom. The third kappa shape index (κ3) is 4.02. The fourth-order valence-electron chi connectivity index (χ4n) is 2.13. The van der Waals surface area contributed by atoms with E-state index in [4.69, 9.17) is 5.73 Å². The summed E-state index contributed by atoms with van der Waals surface area (Å²) >= 11 is 2.44. The van der Waals surface area contributed by atoms with Gasteiger partial charge in [-0.25, -0.2) is 4.79 Å². The van der Waals surface area contributed by atoms with E-state index in [1.54, 1.807) is 11.6 Å². The topological polar surface area (TPSA) is 105 Å². The number of nitrogens with one attached hydrogen (secondary N) is 1. The van der Waals surface area contributed by atoms with Gasteiger partial charge < -0.3 is 15.8 Å². The molecule has 0 bridgehead atoms. The van der Waals surface area contributed by atoms with Crippen molar-refractivity contribution in [2.45, 2.75) is 0 Å². The summed E-state index contributed by atoms with van der Waals surface area (Å²) in [4.78, 5) is 23.7. The Hall–Kier alpha value is -2.76. The van der Waals surface area contributed by atoms with Crippen LogP contribution in [0.5, 0.6) is 0 Å². The minimum absolute atomic E-state index is 0.167. The molecule has 0 unspecified atom stereocenters. The first-order valence-corrected chi connectivity index (χ1v) is 9.14. The number of hydrogen-bond donors (Lipinski definition) is 2. The second-order valence-corrected chi connectivity index (χ2v) is 6.42. The molecule has 6 nitrogen and oxygen atoms in total. The Balaban J connectivity index is 2.52. The maximum Gasteiger partial charge on any atom is 0.351 e. The zero-order valence-corrected chi connectivity index (χ0v) is 15.2. The molecule has 25 heavy (non-hydrogen) atoms. The molecular formula is C17H15N3O3S2. The average Bonchev–Trinajstić information content (AvgIpc) is 3.05. The number of nitrogens with two attached hydrogens (primary N) is 1. The predicted octanol–water partition coefficient (Wildman–Crippen LogP) is 3.20. The Morgan fingerprint density at radius 2 is 2.00 bits per heavy atom. The first-order chi connectivity index (χ1) is 12.0. The molecule has 0 saturated carbocycles. The van der Waals surface area contributed by atoms with Gasteiger partial charge in [0.25, 0.3) is 5.91 Å². The highest BCUT2D eigenvalue weighted by atomic mass is 32.2. The molecule has 8 heteroatoms. The summed E-state index contributed by atoms with van der Waals surface area (Å²) in [5.74, 6) is -1.35. The second kappa shape index (κ2) is 8.37. The summed E-state index contributed by atoms with van der Waals surface area (Å²) in [6.07, 6.45) is 1.71. The molecule has 0 aliphatic rings. The van der Waals surface area contributed by atoms with E-state index in [0.29, 0.717) is 21.2 Å². The predicted molar refractivity (Wildman–Crippen MR) is 100 cm³/mol. The number of rotatable bonds is 6. The molecule has 0 spiro atoms. The highest BCUT2D eigenvalue weighted by Gasteiger charge is 2.21. The highest BCUT2D eigenvalue weighted by Crippen LogP contribution is 2.37. The molecule has 0 aliphatic heterocycles. The lowest BCUT2D eigenvalue weighted by atomic mass is 10.0. The van der Waals surface area contributed by atoms with Gasteiger partial charge in [-0.1, -0.05) is 30.3 Å². The Bertz CT molecular complexity index is 867. The van der Waals surface area contributed by atoms with Crippen LogP contribution in [0, 0.1) is 11.3 Å². The molecule has 1 aromatic heterocycles. The highest BCUT2D eigenvalue weighted by molar-refractivity contribution is 8.02. The van der Waals surface area contributed by atoms with E-state index in [0.717, 1.165) is 5.56 Å². The van der Waals surface area contributed by atoms with E-state index < -0.39 is 11.9 Å². The number of carbonyl (C=O) groups is 2. The number of esters is 1. The van der Waals surface area contributed by atoms with Crippen molar-refractivity contribution in [3.63, 3.8) is 0 Å². The monoisotopic (exact) mass is 373 g/mol. The summed E-state index contributed by atoms with van der Waals surface area (Å²) in [7, 11) is 1.20. The quantitative estimate of drug-likeness (QED) is 0.458. The van der Waals surface area contributed by atoms with Crippen LogP contribution in [0.15, 0.2) is 46.3 Å². The van der Waals surface area contributed by atoms with Crippen molar-refractivity contribution in [1.82, 2.24) is 0 Å². The van der Waals surface area contributed by atoms with Gasteiger partial charge in [0.05, 0.1) is 17.7 Å². The van der Waals surface area contributed by atoms with Gasteiger partial charge >= 0.3 is 5.97 Å². The van der Waals surface area contributed by atoms with Crippen molar-refractivity contribution < 1.29 is 14.3 Å². The molecule has 1 amide bonds. The smallest absolute Gasteiger partial charge is 0.351 e. The van der Waals surface area contributed by atoms with Gasteiger partial charge in [0.2, 0.25) is 0 Å². The molecule has 0 aliphatic carbocycles. The minimum atomic E-state index is -0.750. The molecule has 3 N–H and O–H groups in total. The number of thioether (sulfide) groups is 1. The van der Waals surface area contributed by atoms with Gasteiger partial charge in [0, 0.05) is 10.9 Å². The molecule has 0 atom stereocenters. The number of amides is 1. The summed E-state index contributed by atoms with van der Waals surface area (Å²) in [5.41, 5.74) is 7.24. The minimum Gasteiger partial charge on any atom is -0.465 e. The van der Waals surface area contributed by atoms with Gasteiger partial charge in [0.1, 0.15) is 11.1 Å². The van der Waals surface area contributed by atoms with Crippen LogP contribution in [-0.4, -0.2) is 25.2 Å². The van der Waals surface area contributed by atoms with Crippen molar-refractivity contribution in [1.29, 1.82) is 5.26 Å². The fourth-order valence-corrected chi connectivity index (χ4v) is 3.72. The standard InChI is InChI=1S/C17H15N3O3S2/c1-23-17(22)11(8-18)15(24-2)20-16-13(14(19)21)12(9-25-16)10-6-4-3-5-7-10/h3-7,9,20H,1-2H3,(H2,19,21)/b15-11+. The summed E-state index contributed by atoms with van der Waals surface area (Å²) < 4.78 is 4.62. The molecule has 0 fully saturated rings. The van der Waals surface area contributed by atoms with Crippen LogP contribution < -0.4 is 11.1 Å². The largest absolute Gasteiger partial charge is 0.465 e. The molecule has 2 aromatic rings. The van der Waals surface area contributed by atoms with E-state index >= 15 is 0 Å². The molecular weight excluding hydrogens is 358 g/mol. The number of anilines is 1. The van der Waals surface area contributed by atoms with Crippen LogP contribution in [0.25, 0.3) is 11.1 Å². The Kier molecular flexibility index (Phi) is 6.22. The lowest BCUT2D eigenvalue weighted by Crippen LogP contribution is -2.15. The summed E-state index contributed by atoms with van der Waals surface area (Å²) in [5, 5.41) is 14.8. The second-order valence-electron chi connectivity index (χ2n) is 4.72.